The van der Waals surface area contributed by atoms with Crippen LogP contribution in [-0.4, -0.2) is 30.9 Å². The third-order valence-corrected chi connectivity index (χ3v) is 3.06. The maximum Gasteiger partial charge on any atom is 0.413 e. The molecule has 1 aromatic heterocycles. The largest absolute Gasteiger partial charge is 0.493 e. The maximum atomic E-state index is 11.7. The predicted molar refractivity (Wildman–Crippen MR) is 96.9 cm³/mol. The van der Waals surface area contributed by atoms with Crippen LogP contribution in [0.15, 0.2) is 36.5 Å². The summed E-state index contributed by atoms with van der Waals surface area (Å²) in [6.07, 6.45) is 1.07. The van der Waals surface area contributed by atoms with Gasteiger partial charge in [-0.25, -0.2) is 9.78 Å². The highest BCUT2D eigenvalue weighted by Crippen LogP contribution is 2.31. The highest BCUT2D eigenvalue weighted by atomic mass is 16.6. The zero-order valence-corrected chi connectivity index (χ0v) is 15.0. The molecule has 0 fully saturated rings. The van der Waals surface area contributed by atoms with Gasteiger partial charge in [0.05, 0.1) is 26.1 Å². The van der Waals surface area contributed by atoms with Crippen molar-refractivity contribution < 1.29 is 19.0 Å². The number of benzene rings is 1. The first kappa shape index (κ1) is 18.4. The lowest BCUT2D eigenvalue weighted by Gasteiger charge is -2.19. The van der Waals surface area contributed by atoms with Gasteiger partial charge in [-0.1, -0.05) is 0 Å². The molecule has 0 aliphatic heterocycles. The number of ether oxygens (including phenoxy) is 3. The number of nitrogens with one attached hydrogen (secondary N) is 2. The van der Waals surface area contributed by atoms with Crippen LogP contribution in [0.3, 0.4) is 0 Å². The van der Waals surface area contributed by atoms with Crippen molar-refractivity contribution in [3.63, 3.8) is 0 Å². The second-order valence-electron chi connectivity index (χ2n) is 6.25. The Hall–Kier alpha value is -2.96. The lowest BCUT2D eigenvalue weighted by Crippen LogP contribution is -2.27. The molecule has 7 nitrogen and oxygen atoms in total. The van der Waals surface area contributed by atoms with Crippen molar-refractivity contribution in [2.75, 3.05) is 24.9 Å². The average molecular weight is 345 g/mol. The molecule has 2 aromatic rings. The van der Waals surface area contributed by atoms with E-state index in [1.54, 1.807) is 53.3 Å². The van der Waals surface area contributed by atoms with Crippen LogP contribution in [0, 0.1) is 0 Å². The molecule has 0 saturated heterocycles. The van der Waals surface area contributed by atoms with Crippen LogP contribution < -0.4 is 20.1 Å². The van der Waals surface area contributed by atoms with Gasteiger partial charge in [0.1, 0.15) is 11.4 Å². The first-order valence-electron chi connectivity index (χ1n) is 7.76. The van der Waals surface area contributed by atoms with E-state index in [4.69, 9.17) is 14.2 Å². The Kier molecular flexibility index (Phi) is 5.69. The van der Waals surface area contributed by atoms with Crippen LogP contribution in [0.2, 0.25) is 0 Å². The number of pyridine rings is 1. The van der Waals surface area contributed by atoms with E-state index in [-0.39, 0.29) is 0 Å². The van der Waals surface area contributed by atoms with Crippen molar-refractivity contribution in [1.29, 1.82) is 0 Å². The highest BCUT2D eigenvalue weighted by molar-refractivity contribution is 5.83. The molecular formula is C18H23N3O4. The molecule has 0 aliphatic rings. The molecule has 0 aliphatic carbocycles. The number of carbonyl (C=O) groups is 1. The van der Waals surface area contributed by atoms with Gasteiger partial charge in [-0.3, -0.25) is 5.32 Å². The van der Waals surface area contributed by atoms with E-state index in [2.05, 4.69) is 15.6 Å². The Bertz CT molecular complexity index is 724. The number of amides is 1. The van der Waals surface area contributed by atoms with Crippen molar-refractivity contribution in [3.8, 4) is 11.5 Å². The zero-order valence-electron chi connectivity index (χ0n) is 15.0. The minimum absolute atomic E-state index is 0.409. The Balaban J connectivity index is 2.02. The Morgan fingerprint density at radius 1 is 1.00 bits per heavy atom. The molecule has 0 atom stereocenters. The SMILES string of the molecule is COc1ccc(Nc2ccc(NC(=O)OC(C)(C)C)nc2)cc1OC. The molecule has 2 rings (SSSR count). The summed E-state index contributed by atoms with van der Waals surface area (Å²) in [6.45, 7) is 5.41. The van der Waals surface area contributed by atoms with Crippen molar-refractivity contribution in [3.05, 3.63) is 36.5 Å². The van der Waals surface area contributed by atoms with Gasteiger partial charge in [-0.15, -0.1) is 0 Å². The van der Waals surface area contributed by atoms with Crippen LogP contribution >= 0.6 is 0 Å². The van der Waals surface area contributed by atoms with Gasteiger partial charge >= 0.3 is 6.09 Å². The highest BCUT2D eigenvalue weighted by Gasteiger charge is 2.16. The summed E-state index contributed by atoms with van der Waals surface area (Å²) in [5, 5.41) is 5.79. The molecule has 0 bridgehead atoms. The molecule has 1 aromatic carbocycles. The standard InChI is InChI=1S/C18H23N3O4/c1-18(2,3)25-17(22)21-16-9-7-13(11-19-16)20-12-6-8-14(23-4)15(10-12)24-5/h6-11,20H,1-5H3,(H,19,21,22). The predicted octanol–water partition coefficient (Wildman–Crippen LogP) is 4.19. The van der Waals surface area contributed by atoms with Crippen LogP contribution in [0.25, 0.3) is 0 Å². The minimum atomic E-state index is -0.557. The number of carbonyl (C=O) groups excluding carboxylic acids is 1. The quantitative estimate of drug-likeness (QED) is 0.845. The summed E-state index contributed by atoms with van der Waals surface area (Å²) in [7, 11) is 3.17. The van der Waals surface area contributed by atoms with Crippen LogP contribution in [-0.2, 0) is 4.74 Å². The Morgan fingerprint density at radius 3 is 2.24 bits per heavy atom. The number of anilines is 3. The van der Waals surface area contributed by atoms with Gasteiger partial charge in [-0.05, 0) is 45.0 Å². The minimum Gasteiger partial charge on any atom is -0.493 e. The normalized spacial score (nSPS) is 10.8. The first-order chi connectivity index (χ1) is 11.8. The third-order valence-electron chi connectivity index (χ3n) is 3.06. The maximum absolute atomic E-state index is 11.7. The molecule has 0 radical (unpaired) electrons. The number of hydrogen-bond acceptors (Lipinski definition) is 6. The molecular weight excluding hydrogens is 322 g/mol. The second-order valence-corrected chi connectivity index (χ2v) is 6.25. The lowest BCUT2D eigenvalue weighted by molar-refractivity contribution is 0.0635. The smallest absolute Gasteiger partial charge is 0.413 e. The number of aromatic nitrogens is 1. The molecule has 1 heterocycles. The number of methoxy groups -OCH3 is 2. The summed E-state index contributed by atoms with van der Waals surface area (Å²) in [4.78, 5) is 15.9. The second kappa shape index (κ2) is 7.74. The monoisotopic (exact) mass is 345 g/mol. The number of hydrogen-bond donors (Lipinski definition) is 2. The van der Waals surface area contributed by atoms with Crippen molar-refractivity contribution in [1.82, 2.24) is 4.98 Å². The molecule has 2 N–H and O–H groups in total. The van der Waals surface area contributed by atoms with Crippen molar-refractivity contribution >= 4 is 23.3 Å². The van der Waals surface area contributed by atoms with E-state index in [1.165, 1.54) is 0 Å². The van der Waals surface area contributed by atoms with Gasteiger partial charge in [0, 0.05) is 11.8 Å². The fraction of sp³-hybridized carbons (Fsp3) is 0.333. The van der Waals surface area contributed by atoms with Gasteiger partial charge < -0.3 is 19.5 Å². The topological polar surface area (TPSA) is 81.7 Å². The van der Waals surface area contributed by atoms with Gasteiger partial charge in [0.2, 0.25) is 0 Å². The lowest BCUT2D eigenvalue weighted by atomic mass is 10.2. The summed E-state index contributed by atoms with van der Waals surface area (Å²) in [5.41, 5.74) is 1.04. The van der Waals surface area contributed by atoms with E-state index in [0.29, 0.717) is 17.3 Å². The number of rotatable bonds is 5. The third kappa shape index (κ3) is 5.56. The summed E-state index contributed by atoms with van der Waals surface area (Å²) in [6, 6.07) is 9.00. The fourth-order valence-electron chi connectivity index (χ4n) is 2.03. The Labute approximate surface area is 147 Å². The molecule has 0 spiro atoms. The van der Waals surface area contributed by atoms with E-state index < -0.39 is 11.7 Å². The Morgan fingerprint density at radius 2 is 1.68 bits per heavy atom. The van der Waals surface area contributed by atoms with Gasteiger partial charge in [-0.2, -0.15) is 0 Å². The van der Waals surface area contributed by atoms with Gasteiger partial charge in [0.15, 0.2) is 11.5 Å². The van der Waals surface area contributed by atoms with E-state index in [9.17, 15) is 4.79 Å². The van der Waals surface area contributed by atoms with Crippen LogP contribution in [0.5, 0.6) is 11.5 Å². The molecule has 0 unspecified atom stereocenters. The summed E-state index contributed by atoms with van der Waals surface area (Å²) in [5.74, 6) is 1.69. The number of nitrogens with zero attached hydrogens (tertiary/aromatic N) is 1. The average Bonchev–Trinajstić information content (AvgIpc) is 2.54. The summed E-state index contributed by atoms with van der Waals surface area (Å²) < 4.78 is 15.7. The van der Waals surface area contributed by atoms with E-state index in [0.717, 1.165) is 11.4 Å². The van der Waals surface area contributed by atoms with Crippen LogP contribution in [0.1, 0.15) is 20.8 Å². The fourth-order valence-corrected chi connectivity index (χ4v) is 2.03. The molecule has 1 amide bonds. The summed E-state index contributed by atoms with van der Waals surface area (Å²) >= 11 is 0. The van der Waals surface area contributed by atoms with Gasteiger partial charge in [0.25, 0.3) is 0 Å². The molecule has 7 heteroatoms. The van der Waals surface area contributed by atoms with Crippen molar-refractivity contribution in [2.24, 2.45) is 0 Å². The van der Waals surface area contributed by atoms with Crippen LogP contribution in [0.4, 0.5) is 22.0 Å². The van der Waals surface area contributed by atoms with E-state index >= 15 is 0 Å². The van der Waals surface area contributed by atoms with Crippen molar-refractivity contribution in [2.45, 2.75) is 26.4 Å². The molecule has 0 saturated carbocycles. The molecule has 134 valence electrons. The zero-order chi connectivity index (χ0) is 18.4. The molecule has 25 heavy (non-hydrogen) atoms. The van der Waals surface area contributed by atoms with E-state index in [1.807, 2.05) is 18.2 Å². The first-order valence-corrected chi connectivity index (χ1v) is 7.76.